The third-order valence-electron chi connectivity index (χ3n) is 0.0833. The van der Waals surface area contributed by atoms with Crippen LogP contribution in [0.4, 0.5) is 0 Å². The van der Waals surface area contributed by atoms with Crippen LogP contribution in [0.15, 0.2) is 0 Å². The summed E-state index contributed by atoms with van der Waals surface area (Å²) in [5.41, 5.74) is 0. The third kappa shape index (κ3) is 12.2. The van der Waals surface area contributed by atoms with Crippen LogP contribution in [0.1, 0.15) is 0 Å². The molecule has 2 nitrogen and oxygen atoms in total. The first kappa shape index (κ1) is 9.13. The van der Waals surface area contributed by atoms with Gasteiger partial charge in [-0.25, -0.2) is 0 Å². The van der Waals surface area contributed by atoms with Gasteiger partial charge in [-0.15, -0.1) is 0 Å². The van der Waals surface area contributed by atoms with E-state index >= 15 is 0 Å². The zero-order valence-corrected chi connectivity index (χ0v) is 5.73. The van der Waals surface area contributed by atoms with Gasteiger partial charge in [0.1, 0.15) is 0 Å². The number of ether oxygens (including phenoxy) is 1. The number of hydrogen-bond acceptors (Lipinski definition) is 2. The summed E-state index contributed by atoms with van der Waals surface area (Å²) >= 11 is 0. The van der Waals surface area contributed by atoms with Crippen LogP contribution in [0.5, 0.6) is 0 Å². The molecule has 0 rings (SSSR count). The molecule has 0 saturated heterocycles. The fraction of sp³-hybridized carbons (Fsp3) is 0.500. The first-order valence-electron chi connectivity index (χ1n) is 0.816. The molecule has 5 heavy (non-hydrogen) atoms. The van der Waals surface area contributed by atoms with Crippen molar-refractivity contribution in [1.29, 1.82) is 0 Å². The van der Waals surface area contributed by atoms with Crippen LogP contribution in [-0.2, 0) is 42.2 Å². The van der Waals surface area contributed by atoms with Gasteiger partial charge in [0, 0.05) is 39.8 Å². The maximum absolute atomic E-state index is 8.83. The quantitative estimate of drug-likeness (QED) is 0.477. The minimum atomic E-state index is 0. The Morgan fingerprint density at radius 3 is 2.00 bits per heavy atom. The van der Waals surface area contributed by atoms with Crippen molar-refractivity contribution in [3.05, 3.63) is 0 Å². The van der Waals surface area contributed by atoms with Crippen molar-refractivity contribution in [2.75, 3.05) is 7.11 Å². The monoisotopic (exact) mass is 148 g/mol. The first-order valence-corrected chi connectivity index (χ1v) is 0.816. The van der Waals surface area contributed by atoms with E-state index in [-0.39, 0.29) is 32.7 Å². The fourth-order valence-electron chi connectivity index (χ4n) is 0. The van der Waals surface area contributed by atoms with Gasteiger partial charge in [-0.1, -0.05) is 6.47 Å². The summed E-state index contributed by atoms with van der Waals surface area (Å²) in [6.07, 6.45) is 0. The maximum Gasteiger partial charge on any atom is 0.0362 e. The van der Waals surface area contributed by atoms with Gasteiger partial charge >= 0.3 is 0 Å². The second kappa shape index (κ2) is 8.82. The zero-order chi connectivity index (χ0) is 3.41. The minimum Gasteiger partial charge on any atom is -0.655 e. The van der Waals surface area contributed by atoms with Crippen molar-refractivity contribution < 1.29 is 42.2 Å². The van der Waals surface area contributed by atoms with E-state index in [9.17, 15) is 0 Å². The molecular weight excluding hydrogens is 145 g/mol. The summed E-state index contributed by atoms with van der Waals surface area (Å²) in [5.74, 6) is 0. The Balaban J connectivity index is 0. The maximum atomic E-state index is 8.83. The minimum absolute atomic E-state index is 0. The van der Waals surface area contributed by atoms with Crippen LogP contribution < -0.4 is 0 Å². The van der Waals surface area contributed by atoms with Gasteiger partial charge in [-0.05, 0) is 0 Å². The average molecular weight is 148 g/mol. The molecule has 0 aliphatic rings. The van der Waals surface area contributed by atoms with Crippen LogP contribution in [0.3, 0.4) is 0 Å². The second-order valence-electron chi connectivity index (χ2n) is 0.287. The molecule has 0 amide bonds. The Bertz CT molecular complexity index is 21.6. The Kier molecular flexibility index (Phi) is 16.1. The summed E-state index contributed by atoms with van der Waals surface area (Å²) in [7, 11) is 1.26. The molecule has 3 heteroatoms. The SMILES string of the molecule is CO[C-]=O.[Y]. The van der Waals surface area contributed by atoms with Gasteiger partial charge in [0.05, 0.1) is 0 Å². The Labute approximate surface area is 55.8 Å². The van der Waals surface area contributed by atoms with E-state index in [2.05, 4.69) is 4.74 Å². The van der Waals surface area contributed by atoms with Crippen LogP contribution >= 0.6 is 0 Å². The predicted octanol–water partition coefficient (Wildman–Crippen LogP) is -0.302. The van der Waals surface area contributed by atoms with Gasteiger partial charge in [-0.3, -0.25) is 0 Å². The number of carbonyl (C=O) groups excluding carboxylic acids is 1. The first-order chi connectivity index (χ1) is 1.91. The molecule has 0 aromatic rings. The van der Waals surface area contributed by atoms with E-state index < -0.39 is 0 Å². The number of rotatable bonds is 1. The Hall–Kier alpha value is 0.574. The van der Waals surface area contributed by atoms with Gasteiger partial charge in [-0.2, -0.15) is 0 Å². The number of methoxy groups -OCH3 is 1. The molecule has 0 aromatic carbocycles. The van der Waals surface area contributed by atoms with E-state index in [4.69, 9.17) is 4.79 Å². The van der Waals surface area contributed by atoms with Crippen molar-refractivity contribution in [3.8, 4) is 0 Å². The van der Waals surface area contributed by atoms with Crippen LogP contribution in [-0.4, -0.2) is 13.6 Å². The third-order valence-corrected chi connectivity index (χ3v) is 0.0833. The van der Waals surface area contributed by atoms with E-state index in [1.165, 1.54) is 13.6 Å². The van der Waals surface area contributed by atoms with Crippen molar-refractivity contribution in [3.63, 3.8) is 0 Å². The number of hydrogen-bond donors (Lipinski definition) is 0. The molecule has 0 atom stereocenters. The molecule has 1 radical (unpaired) electrons. The zero-order valence-electron chi connectivity index (χ0n) is 2.89. The predicted molar refractivity (Wildman–Crippen MR) is 12.7 cm³/mol. The molecule has 0 heterocycles. The van der Waals surface area contributed by atoms with Gasteiger partial charge in [0.2, 0.25) is 0 Å². The molecule has 0 aromatic heterocycles. The summed E-state index contributed by atoms with van der Waals surface area (Å²) in [4.78, 5) is 8.83. The smallest absolute Gasteiger partial charge is 0.0362 e. The van der Waals surface area contributed by atoms with Crippen molar-refractivity contribution in [2.24, 2.45) is 0 Å². The largest absolute Gasteiger partial charge is 0.655 e. The molecule has 0 N–H and O–H groups in total. The normalized spacial score (nSPS) is 4.20. The Morgan fingerprint density at radius 2 is 2.00 bits per heavy atom. The van der Waals surface area contributed by atoms with Gasteiger partial charge in [0.25, 0.3) is 0 Å². The van der Waals surface area contributed by atoms with E-state index in [0.717, 1.165) is 0 Å². The molecule has 0 fully saturated rings. The molecule has 0 aliphatic heterocycles. The second-order valence-corrected chi connectivity index (χ2v) is 0.287. The molecule has 0 saturated carbocycles. The fourth-order valence-corrected chi connectivity index (χ4v) is 0. The van der Waals surface area contributed by atoms with Crippen molar-refractivity contribution in [1.82, 2.24) is 0 Å². The molecule has 0 spiro atoms. The molecule has 0 aliphatic carbocycles. The summed E-state index contributed by atoms with van der Waals surface area (Å²) in [5, 5.41) is 0. The van der Waals surface area contributed by atoms with Gasteiger partial charge < -0.3 is 9.53 Å². The van der Waals surface area contributed by atoms with Crippen LogP contribution in [0.25, 0.3) is 0 Å². The summed E-state index contributed by atoms with van der Waals surface area (Å²) < 4.78 is 3.74. The average Bonchev–Trinajstić information content (AvgIpc) is 1.37. The summed E-state index contributed by atoms with van der Waals surface area (Å²) in [6, 6.07) is 0. The van der Waals surface area contributed by atoms with Crippen LogP contribution in [0.2, 0.25) is 0 Å². The summed E-state index contributed by atoms with van der Waals surface area (Å²) in [6.45, 7) is 1.18. The van der Waals surface area contributed by atoms with E-state index in [1.54, 1.807) is 0 Å². The van der Waals surface area contributed by atoms with Gasteiger partial charge in [0.15, 0.2) is 0 Å². The van der Waals surface area contributed by atoms with E-state index in [0.29, 0.717) is 0 Å². The molecular formula is C2H3O2Y-. The van der Waals surface area contributed by atoms with E-state index in [1.807, 2.05) is 0 Å². The topological polar surface area (TPSA) is 26.3 Å². The van der Waals surface area contributed by atoms with Crippen LogP contribution in [0, 0.1) is 0 Å². The molecule has 27 valence electrons. The molecule has 0 unspecified atom stereocenters. The van der Waals surface area contributed by atoms with Crippen molar-refractivity contribution >= 4 is 6.47 Å². The van der Waals surface area contributed by atoms with Crippen molar-refractivity contribution in [2.45, 2.75) is 0 Å². The Morgan fingerprint density at radius 1 is 1.80 bits per heavy atom. The standard InChI is InChI=1S/C2H3O2.Y/c1-4-2-3;/h1H3;/q-1;. The molecule has 0 bridgehead atoms.